The van der Waals surface area contributed by atoms with E-state index in [1.807, 2.05) is 39.8 Å². The molecule has 0 aromatic carbocycles. The molecule has 0 spiro atoms. The summed E-state index contributed by atoms with van der Waals surface area (Å²) in [6.07, 6.45) is 1.79. The lowest BCUT2D eigenvalue weighted by Gasteiger charge is -2.18. The van der Waals surface area contributed by atoms with E-state index in [1.54, 1.807) is 6.92 Å². The predicted molar refractivity (Wildman–Crippen MR) is 101 cm³/mol. The van der Waals surface area contributed by atoms with Crippen molar-refractivity contribution in [1.82, 2.24) is 5.32 Å². The summed E-state index contributed by atoms with van der Waals surface area (Å²) < 4.78 is 4.99. The van der Waals surface area contributed by atoms with Crippen LogP contribution in [0.1, 0.15) is 60.3 Å². The minimum atomic E-state index is -1.14. The van der Waals surface area contributed by atoms with Gasteiger partial charge in [-0.1, -0.05) is 18.5 Å². The van der Waals surface area contributed by atoms with Crippen LogP contribution in [-0.4, -0.2) is 42.3 Å². The molecular weight excluding hydrogens is 362 g/mol. The average molecular weight is 391 g/mol. The second-order valence-corrected chi connectivity index (χ2v) is 7.39. The molecule has 154 valence electrons. The molecule has 0 bridgehead atoms. The predicted octanol–water partition coefficient (Wildman–Crippen LogP) is 3.70. The number of urea groups is 1. The molecule has 0 saturated heterocycles. The van der Waals surface area contributed by atoms with Crippen molar-refractivity contribution in [3.05, 3.63) is 0 Å². The summed E-state index contributed by atoms with van der Waals surface area (Å²) in [5.41, 5.74) is -1.57. The molecule has 28 heavy (non-hydrogen) atoms. The minimum absolute atomic E-state index is 0.0734. The van der Waals surface area contributed by atoms with E-state index in [9.17, 15) is 14.9 Å². The first-order valence-corrected chi connectivity index (χ1v) is 9.14. The van der Waals surface area contributed by atoms with Gasteiger partial charge in [0.2, 0.25) is 0 Å². The Morgan fingerprint density at radius 2 is 1.86 bits per heavy atom. The number of amides is 2. The normalized spacial score (nSPS) is 14.8. The number of nitriles is 2. The van der Waals surface area contributed by atoms with Crippen molar-refractivity contribution >= 4 is 12.0 Å². The molecular formula is C18H29N7O3. The maximum absolute atomic E-state index is 11.9. The van der Waals surface area contributed by atoms with Gasteiger partial charge in [0.25, 0.3) is 0 Å². The van der Waals surface area contributed by atoms with Crippen molar-refractivity contribution in [2.24, 2.45) is 20.5 Å². The second-order valence-electron chi connectivity index (χ2n) is 7.39. The van der Waals surface area contributed by atoms with Crippen molar-refractivity contribution in [3.8, 4) is 12.1 Å². The molecule has 0 heterocycles. The number of hydrogen-bond donors (Lipinski definition) is 1. The molecule has 0 aliphatic heterocycles. The number of nitrogens with one attached hydrogen (secondary N) is 1. The molecule has 0 saturated carbocycles. The van der Waals surface area contributed by atoms with E-state index in [0.29, 0.717) is 6.54 Å². The zero-order chi connectivity index (χ0) is 21.6. The van der Waals surface area contributed by atoms with Gasteiger partial charge in [-0.3, -0.25) is 4.79 Å². The SMILES string of the molecule is CCCCN=NC(=O)NC(C#N)COC(=O)CCC(C)(C#N)N=NC(C)(C)C. The largest absolute Gasteiger partial charge is 0.462 e. The van der Waals surface area contributed by atoms with Gasteiger partial charge >= 0.3 is 12.0 Å². The van der Waals surface area contributed by atoms with Gasteiger partial charge in [0.1, 0.15) is 6.61 Å². The van der Waals surface area contributed by atoms with Gasteiger partial charge in [-0.2, -0.15) is 25.9 Å². The molecule has 0 rings (SSSR count). The number of azo groups is 2. The smallest absolute Gasteiger partial charge is 0.360 e. The van der Waals surface area contributed by atoms with Crippen LogP contribution < -0.4 is 5.32 Å². The highest BCUT2D eigenvalue weighted by molar-refractivity contribution is 5.75. The number of nitrogens with zero attached hydrogens (tertiary/aromatic N) is 6. The quantitative estimate of drug-likeness (QED) is 0.342. The van der Waals surface area contributed by atoms with Crippen LogP contribution in [0.2, 0.25) is 0 Å². The summed E-state index contributed by atoms with van der Waals surface area (Å²) >= 11 is 0. The van der Waals surface area contributed by atoms with E-state index in [0.717, 1.165) is 12.8 Å². The number of ether oxygens (including phenoxy) is 1. The van der Waals surface area contributed by atoms with Gasteiger partial charge in [-0.05, 0) is 40.5 Å². The van der Waals surface area contributed by atoms with Crippen molar-refractivity contribution in [3.63, 3.8) is 0 Å². The van der Waals surface area contributed by atoms with E-state index in [-0.39, 0.29) is 19.4 Å². The van der Waals surface area contributed by atoms with Crippen LogP contribution in [0.3, 0.4) is 0 Å². The zero-order valence-electron chi connectivity index (χ0n) is 17.2. The third-order valence-electron chi connectivity index (χ3n) is 3.27. The van der Waals surface area contributed by atoms with Crippen LogP contribution in [0.5, 0.6) is 0 Å². The highest BCUT2D eigenvalue weighted by Gasteiger charge is 2.26. The van der Waals surface area contributed by atoms with Crippen LogP contribution in [0, 0.1) is 22.7 Å². The second kappa shape index (κ2) is 12.5. The zero-order valence-corrected chi connectivity index (χ0v) is 17.2. The molecule has 0 aliphatic carbocycles. The topological polar surface area (TPSA) is 152 Å². The summed E-state index contributed by atoms with van der Waals surface area (Å²) in [5, 5.41) is 35.8. The highest BCUT2D eigenvalue weighted by atomic mass is 16.5. The minimum Gasteiger partial charge on any atom is -0.462 e. The van der Waals surface area contributed by atoms with Gasteiger partial charge in [0, 0.05) is 6.42 Å². The van der Waals surface area contributed by atoms with Crippen molar-refractivity contribution in [2.75, 3.05) is 13.2 Å². The van der Waals surface area contributed by atoms with E-state index in [2.05, 4.69) is 25.8 Å². The van der Waals surface area contributed by atoms with Gasteiger partial charge in [-0.15, -0.1) is 0 Å². The lowest BCUT2D eigenvalue weighted by Crippen LogP contribution is -2.36. The molecule has 2 unspecified atom stereocenters. The number of esters is 1. The molecule has 10 nitrogen and oxygen atoms in total. The fourth-order valence-corrected chi connectivity index (χ4v) is 1.61. The van der Waals surface area contributed by atoms with E-state index in [4.69, 9.17) is 10.00 Å². The van der Waals surface area contributed by atoms with Gasteiger partial charge in [-0.25, -0.2) is 4.79 Å². The van der Waals surface area contributed by atoms with E-state index in [1.165, 1.54) is 0 Å². The Balaban J connectivity index is 4.46. The number of hydrogen-bond acceptors (Lipinski definition) is 8. The Bertz CT molecular complexity index is 656. The van der Waals surface area contributed by atoms with Crippen molar-refractivity contribution in [1.29, 1.82) is 10.5 Å². The molecule has 10 heteroatoms. The first kappa shape index (κ1) is 25.1. The van der Waals surface area contributed by atoms with Gasteiger partial charge in [0.15, 0.2) is 11.6 Å². The standard InChI is InChI=1S/C18H29N7O3/c1-6-7-10-21-23-16(27)22-14(11-19)12-28-15(26)8-9-18(5,13-20)25-24-17(2,3)4/h14H,6-10,12H2,1-5H3,(H,22,27). The van der Waals surface area contributed by atoms with Gasteiger partial charge < -0.3 is 10.1 Å². The Kier molecular flexibility index (Phi) is 11.2. The lowest BCUT2D eigenvalue weighted by atomic mass is 9.99. The van der Waals surface area contributed by atoms with Crippen LogP contribution in [0.25, 0.3) is 0 Å². The van der Waals surface area contributed by atoms with E-state index < -0.39 is 29.1 Å². The maximum atomic E-state index is 11.9. The monoisotopic (exact) mass is 391 g/mol. The molecule has 2 amide bonds. The summed E-state index contributed by atoms with van der Waals surface area (Å²) in [6.45, 7) is 9.23. The van der Waals surface area contributed by atoms with Crippen LogP contribution in [0.4, 0.5) is 4.79 Å². The van der Waals surface area contributed by atoms with Crippen molar-refractivity contribution < 1.29 is 14.3 Å². The third kappa shape index (κ3) is 12.5. The Hall–Kier alpha value is -2.88. The van der Waals surface area contributed by atoms with Crippen molar-refractivity contribution in [2.45, 2.75) is 77.4 Å². The number of unbranched alkanes of at least 4 members (excludes halogenated alkanes) is 1. The summed E-state index contributed by atoms with van der Waals surface area (Å²) in [4.78, 5) is 23.4. The van der Waals surface area contributed by atoms with Gasteiger partial charge in [0.05, 0.1) is 24.2 Å². The van der Waals surface area contributed by atoms with E-state index >= 15 is 0 Å². The van der Waals surface area contributed by atoms with Crippen LogP contribution >= 0.6 is 0 Å². The Morgan fingerprint density at radius 3 is 2.39 bits per heavy atom. The highest BCUT2D eigenvalue weighted by Crippen LogP contribution is 2.20. The van der Waals surface area contributed by atoms with Crippen LogP contribution in [-0.2, 0) is 9.53 Å². The summed E-state index contributed by atoms with van der Waals surface area (Å²) in [7, 11) is 0. The average Bonchev–Trinajstić information content (AvgIpc) is 2.64. The first-order valence-electron chi connectivity index (χ1n) is 9.14. The Labute approximate surface area is 166 Å². The van der Waals surface area contributed by atoms with Crippen LogP contribution in [0.15, 0.2) is 20.5 Å². The molecule has 2 atom stereocenters. The number of carbonyl (C=O) groups excluding carboxylic acids is 2. The lowest BCUT2D eigenvalue weighted by molar-refractivity contribution is -0.144. The molecule has 0 fully saturated rings. The Morgan fingerprint density at radius 1 is 1.18 bits per heavy atom. The summed E-state index contributed by atoms with van der Waals surface area (Å²) in [6, 6.07) is 2.05. The molecule has 0 aromatic rings. The fourth-order valence-electron chi connectivity index (χ4n) is 1.61. The molecule has 1 N–H and O–H groups in total. The molecule has 0 aromatic heterocycles. The maximum Gasteiger partial charge on any atom is 0.360 e. The fraction of sp³-hybridized carbons (Fsp3) is 0.778. The molecule has 0 radical (unpaired) electrons. The number of carbonyl (C=O) groups is 2. The number of rotatable bonds is 10. The first-order chi connectivity index (χ1) is 13.0. The summed E-state index contributed by atoms with van der Waals surface area (Å²) in [5.74, 6) is -0.605. The molecule has 0 aliphatic rings. The third-order valence-corrected chi connectivity index (χ3v) is 3.27.